The zero-order valence-corrected chi connectivity index (χ0v) is 18.8. The molecule has 0 bridgehead atoms. The molecule has 1 atom stereocenters. The third kappa shape index (κ3) is 4.62. The highest BCUT2D eigenvalue weighted by Gasteiger charge is 2.17. The lowest BCUT2D eigenvalue weighted by Crippen LogP contribution is -2.25. The number of fused-ring (bicyclic) bond motifs is 1. The molecule has 166 valence electrons. The molecule has 4 rings (SSSR count). The molecule has 0 unspecified atom stereocenters. The van der Waals surface area contributed by atoms with Crippen LogP contribution in [0.3, 0.4) is 0 Å². The number of pyridine rings is 1. The Balaban J connectivity index is 1.62. The van der Waals surface area contributed by atoms with Gasteiger partial charge in [-0.3, -0.25) is 9.89 Å². The fourth-order valence-electron chi connectivity index (χ4n) is 4.15. The summed E-state index contributed by atoms with van der Waals surface area (Å²) in [5.74, 6) is 1.28. The van der Waals surface area contributed by atoms with Crippen LogP contribution in [0.25, 0.3) is 16.8 Å². The molecule has 1 aliphatic rings. The van der Waals surface area contributed by atoms with Gasteiger partial charge in [0.15, 0.2) is 5.82 Å². The smallest absolute Gasteiger partial charge is 0.221 e. The van der Waals surface area contributed by atoms with Gasteiger partial charge in [0.1, 0.15) is 18.6 Å². The number of benzene rings is 1. The number of likely N-dealkylation sites (tertiary alicyclic amines) is 1. The molecule has 1 N–H and O–H groups in total. The number of anilines is 1. The van der Waals surface area contributed by atoms with Crippen molar-refractivity contribution in [2.24, 2.45) is 4.99 Å². The molecule has 0 spiro atoms. The van der Waals surface area contributed by atoms with Crippen LogP contribution >= 0.6 is 0 Å². The van der Waals surface area contributed by atoms with E-state index in [2.05, 4.69) is 69.7 Å². The second kappa shape index (κ2) is 9.87. The molecule has 1 saturated heterocycles. The van der Waals surface area contributed by atoms with Gasteiger partial charge in [0.25, 0.3) is 0 Å². The van der Waals surface area contributed by atoms with E-state index in [1.165, 1.54) is 19.2 Å². The molecule has 7 heteroatoms. The average Bonchev–Trinajstić information content (AvgIpc) is 3.32. The zero-order chi connectivity index (χ0) is 22.5. The number of aliphatic imine (C=N–C) groups is 1. The summed E-state index contributed by atoms with van der Waals surface area (Å²) in [6.07, 6.45) is 5.68. The monoisotopic (exact) mass is 430 g/mol. The molecule has 0 saturated carbocycles. The minimum Gasteiger partial charge on any atom is -0.476 e. The zero-order valence-electron chi connectivity index (χ0n) is 18.8. The van der Waals surface area contributed by atoms with Gasteiger partial charge < -0.3 is 10.1 Å². The lowest BCUT2D eigenvalue weighted by molar-refractivity contribution is 0.233. The van der Waals surface area contributed by atoms with Crippen LogP contribution in [-0.2, 0) is 0 Å². The summed E-state index contributed by atoms with van der Waals surface area (Å²) < 4.78 is 6.24. The highest BCUT2D eigenvalue weighted by atomic mass is 16.5. The Morgan fingerprint density at radius 3 is 2.84 bits per heavy atom. The maximum absolute atomic E-state index is 6.24. The van der Waals surface area contributed by atoms with Crippen molar-refractivity contribution >= 4 is 35.1 Å². The Morgan fingerprint density at radius 2 is 2.09 bits per heavy atom. The molecule has 0 amide bonds. The van der Waals surface area contributed by atoms with Crippen molar-refractivity contribution < 1.29 is 4.74 Å². The summed E-state index contributed by atoms with van der Waals surface area (Å²) in [4.78, 5) is 20.0. The molecule has 0 radical (unpaired) electrons. The van der Waals surface area contributed by atoms with Crippen LogP contribution in [0.15, 0.2) is 42.2 Å². The molecule has 3 aromatic rings. The standard InChI is InChI=1S/C25H30N6O/c1-5-20-23(26-4)24(28-16-27-20)29-18(3)21-15-19-10-8-9-17(2)22(19)25(30-21)32-14-13-31-11-6-7-12-31/h5,8-10,15-16,18H,1,4,6-7,11-14H2,2-3H3,(H,27,28,29)/t18-/m0/s1. The molecule has 1 aromatic carbocycles. The van der Waals surface area contributed by atoms with E-state index in [0.717, 1.165) is 41.7 Å². The minimum absolute atomic E-state index is 0.131. The van der Waals surface area contributed by atoms with Crippen molar-refractivity contribution in [3.8, 4) is 5.88 Å². The number of ether oxygens (including phenoxy) is 1. The first-order chi connectivity index (χ1) is 15.6. The van der Waals surface area contributed by atoms with E-state index >= 15 is 0 Å². The van der Waals surface area contributed by atoms with Crippen LogP contribution in [0.2, 0.25) is 0 Å². The Labute approximate surface area is 189 Å². The molecule has 3 heterocycles. The van der Waals surface area contributed by atoms with Crippen molar-refractivity contribution in [3.63, 3.8) is 0 Å². The van der Waals surface area contributed by atoms with Gasteiger partial charge in [0.05, 0.1) is 17.4 Å². The minimum atomic E-state index is -0.131. The number of nitrogens with one attached hydrogen (secondary N) is 1. The van der Waals surface area contributed by atoms with E-state index in [1.54, 1.807) is 6.08 Å². The SMILES string of the molecule is C=Cc1ncnc(N[C@@H](C)c2cc3cccc(C)c3c(OCCN3CCCC3)n2)c1N=C. The fourth-order valence-corrected chi connectivity index (χ4v) is 4.15. The number of nitrogens with zero attached hydrogens (tertiary/aromatic N) is 5. The summed E-state index contributed by atoms with van der Waals surface area (Å²) in [5.41, 5.74) is 3.24. The normalized spacial score (nSPS) is 14.9. The lowest BCUT2D eigenvalue weighted by atomic mass is 10.0. The highest BCUT2D eigenvalue weighted by molar-refractivity contribution is 5.90. The van der Waals surface area contributed by atoms with Crippen molar-refractivity contribution in [1.29, 1.82) is 0 Å². The van der Waals surface area contributed by atoms with Crippen molar-refractivity contribution in [2.45, 2.75) is 32.7 Å². The Bertz CT molecular complexity index is 1120. The van der Waals surface area contributed by atoms with Crippen molar-refractivity contribution in [1.82, 2.24) is 19.9 Å². The molecule has 32 heavy (non-hydrogen) atoms. The topological polar surface area (TPSA) is 75.5 Å². The summed E-state index contributed by atoms with van der Waals surface area (Å²) in [6.45, 7) is 15.4. The maximum Gasteiger partial charge on any atom is 0.221 e. The van der Waals surface area contributed by atoms with Gasteiger partial charge >= 0.3 is 0 Å². The van der Waals surface area contributed by atoms with E-state index in [1.807, 2.05) is 6.92 Å². The van der Waals surface area contributed by atoms with Crippen LogP contribution in [0.1, 0.15) is 42.8 Å². The summed E-state index contributed by atoms with van der Waals surface area (Å²) >= 11 is 0. The quantitative estimate of drug-likeness (QED) is 0.484. The number of hydrogen-bond donors (Lipinski definition) is 1. The van der Waals surface area contributed by atoms with Gasteiger partial charge in [-0.2, -0.15) is 0 Å². The van der Waals surface area contributed by atoms with Gasteiger partial charge in [0, 0.05) is 11.9 Å². The first kappa shape index (κ1) is 21.9. The molecule has 0 aliphatic carbocycles. The fraction of sp³-hybridized carbons (Fsp3) is 0.360. The van der Waals surface area contributed by atoms with Crippen LogP contribution in [0.4, 0.5) is 11.5 Å². The van der Waals surface area contributed by atoms with E-state index < -0.39 is 0 Å². The molecule has 1 aliphatic heterocycles. The maximum atomic E-state index is 6.24. The molecular formula is C25H30N6O. The first-order valence-electron chi connectivity index (χ1n) is 11.1. The number of aryl methyl sites for hydroxylation is 1. The second-order valence-corrected chi connectivity index (χ2v) is 8.11. The van der Waals surface area contributed by atoms with Crippen LogP contribution in [0, 0.1) is 6.92 Å². The Kier molecular flexibility index (Phi) is 6.75. The largest absolute Gasteiger partial charge is 0.476 e. The van der Waals surface area contributed by atoms with Gasteiger partial charge in [-0.1, -0.05) is 24.8 Å². The number of rotatable bonds is 9. The van der Waals surface area contributed by atoms with Gasteiger partial charge in [-0.25, -0.2) is 15.0 Å². The first-order valence-corrected chi connectivity index (χ1v) is 11.1. The second-order valence-electron chi connectivity index (χ2n) is 8.11. The van der Waals surface area contributed by atoms with Crippen LogP contribution in [-0.4, -0.2) is 52.8 Å². The van der Waals surface area contributed by atoms with E-state index in [0.29, 0.717) is 29.7 Å². The summed E-state index contributed by atoms with van der Waals surface area (Å²) in [6, 6.07) is 8.23. The highest BCUT2D eigenvalue weighted by Crippen LogP contribution is 2.32. The van der Waals surface area contributed by atoms with E-state index in [9.17, 15) is 0 Å². The summed E-state index contributed by atoms with van der Waals surface area (Å²) in [7, 11) is 0. The molecular weight excluding hydrogens is 400 g/mol. The summed E-state index contributed by atoms with van der Waals surface area (Å²) in [5, 5.41) is 5.57. The van der Waals surface area contributed by atoms with E-state index in [4.69, 9.17) is 9.72 Å². The predicted molar refractivity (Wildman–Crippen MR) is 131 cm³/mol. The predicted octanol–water partition coefficient (Wildman–Crippen LogP) is 4.96. The van der Waals surface area contributed by atoms with Crippen LogP contribution in [0.5, 0.6) is 5.88 Å². The van der Waals surface area contributed by atoms with Gasteiger partial charge in [0.2, 0.25) is 5.88 Å². The van der Waals surface area contributed by atoms with Gasteiger partial charge in [-0.05, 0) is 69.6 Å². The van der Waals surface area contributed by atoms with Crippen molar-refractivity contribution in [2.75, 3.05) is 31.6 Å². The molecule has 1 fully saturated rings. The Hall–Kier alpha value is -3.32. The number of hydrogen-bond acceptors (Lipinski definition) is 7. The lowest BCUT2D eigenvalue weighted by Gasteiger charge is -2.19. The Morgan fingerprint density at radius 1 is 1.28 bits per heavy atom. The van der Waals surface area contributed by atoms with Crippen molar-refractivity contribution in [3.05, 3.63) is 54.1 Å². The van der Waals surface area contributed by atoms with Crippen LogP contribution < -0.4 is 10.1 Å². The third-order valence-corrected chi connectivity index (χ3v) is 5.90. The number of aromatic nitrogens is 3. The average molecular weight is 431 g/mol. The van der Waals surface area contributed by atoms with E-state index in [-0.39, 0.29) is 6.04 Å². The van der Waals surface area contributed by atoms with Gasteiger partial charge in [-0.15, -0.1) is 0 Å². The molecule has 7 nitrogen and oxygen atoms in total. The third-order valence-electron chi connectivity index (χ3n) is 5.90. The molecule has 2 aromatic heterocycles.